The first kappa shape index (κ1) is 13.6. The molecule has 0 atom stereocenters. The second-order valence-electron chi connectivity index (χ2n) is 4.65. The Balaban J connectivity index is 2.07. The van der Waals surface area contributed by atoms with Crippen molar-refractivity contribution in [2.75, 3.05) is 24.6 Å². The molecule has 2 heterocycles. The molecule has 0 amide bonds. The van der Waals surface area contributed by atoms with Gasteiger partial charge in [-0.15, -0.1) is 0 Å². The Bertz CT molecular complexity index is 417. The van der Waals surface area contributed by atoms with Gasteiger partial charge in [-0.25, -0.2) is 9.97 Å². The third-order valence-corrected chi connectivity index (χ3v) is 3.65. The lowest BCUT2D eigenvalue weighted by atomic mass is 10.1. The minimum absolute atomic E-state index is 0.379. The molecule has 4 nitrogen and oxygen atoms in total. The van der Waals surface area contributed by atoms with Crippen LogP contribution in [0.4, 0.5) is 5.82 Å². The Morgan fingerprint density at radius 3 is 2.44 bits per heavy atom. The van der Waals surface area contributed by atoms with Crippen molar-refractivity contribution in [3.8, 4) is 0 Å². The van der Waals surface area contributed by atoms with E-state index in [1.54, 1.807) is 0 Å². The zero-order chi connectivity index (χ0) is 13.1. The summed E-state index contributed by atoms with van der Waals surface area (Å²) in [6.07, 6.45) is 2.43. The van der Waals surface area contributed by atoms with Gasteiger partial charge in [0.1, 0.15) is 0 Å². The van der Waals surface area contributed by atoms with Gasteiger partial charge in [-0.1, -0.05) is 11.6 Å². The molecule has 0 N–H and O–H groups in total. The van der Waals surface area contributed by atoms with Crippen LogP contribution in [-0.2, 0) is 4.74 Å². The lowest BCUT2D eigenvalue weighted by Gasteiger charge is -2.32. The normalized spacial score (nSPS) is 17.2. The zero-order valence-electron chi connectivity index (χ0n) is 11.2. The number of aromatic nitrogens is 2. The van der Waals surface area contributed by atoms with E-state index in [-0.39, 0.29) is 0 Å². The van der Waals surface area contributed by atoms with E-state index >= 15 is 0 Å². The van der Waals surface area contributed by atoms with Crippen LogP contribution in [0.15, 0.2) is 0 Å². The summed E-state index contributed by atoms with van der Waals surface area (Å²) in [6, 6.07) is 0. The van der Waals surface area contributed by atoms with Crippen LogP contribution in [0.3, 0.4) is 0 Å². The standard InChI is InChI=1S/C13H20ClN3O/c1-4-18-11-5-7-17(8-6-11)13-12(14)15-9(2)10(3)16-13/h11H,4-8H2,1-3H3. The summed E-state index contributed by atoms with van der Waals surface area (Å²) in [5.41, 5.74) is 1.84. The van der Waals surface area contributed by atoms with Crippen LogP contribution in [0.2, 0.25) is 5.15 Å². The van der Waals surface area contributed by atoms with Crippen LogP contribution in [-0.4, -0.2) is 35.8 Å². The van der Waals surface area contributed by atoms with Gasteiger partial charge in [0.2, 0.25) is 0 Å². The van der Waals surface area contributed by atoms with Gasteiger partial charge in [0, 0.05) is 19.7 Å². The molecule has 0 saturated carbocycles. The maximum atomic E-state index is 6.19. The highest BCUT2D eigenvalue weighted by atomic mass is 35.5. The quantitative estimate of drug-likeness (QED) is 0.846. The molecule has 100 valence electrons. The van der Waals surface area contributed by atoms with Crippen LogP contribution in [0.1, 0.15) is 31.2 Å². The van der Waals surface area contributed by atoms with Gasteiger partial charge in [-0.05, 0) is 33.6 Å². The van der Waals surface area contributed by atoms with E-state index in [9.17, 15) is 0 Å². The van der Waals surface area contributed by atoms with E-state index in [4.69, 9.17) is 16.3 Å². The summed E-state index contributed by atoms with van der Waals surface area (Å²) in [5.74, 6) is 0.815. The molecule has 1 saturated heterocycles. The molecule has 18 heavy (non-hydrogen) atoms. The highest BCUT2D eigenvalue weighted by Gasteiger charge is 2.22. The molecule has 1 aromatic rings. The largest absolute Gasteiger partial charge is 0.378 e. The summed E-state index contributed by atoms with van der Waals surface area (Å²) in [4.78, 5) is 11.1. The smallest absolute Gasteiger partial charge is 0.171 e. The molecule has 2 rings (SSSR count). The van der Waals surface area contributed by atoms with Crippen molar-refractivity contribution in [3.63, 3.8) is 0 Å². The van der Waals surface area contributed by atoms with Gasteiger partial charge in [0.15, 0.2) is 11.0 Å². The van der Waals surface area contributed by atoms with E-state index in [2.05, 4.69) is 14.9 Å². The molecule has 1 aromatic heterocycles. The molecule has 0 aromatic carbocycles. The first-order valence-corrected chi connectivity index (χ1v) is 6.87. The second kappa shape index (κ2) is 5.85. The van der Waals surface area contributed by atoms with E-state index < -0.39 is 0 Å². The number of hydrogen-bond acceptors (Lipinski definition) is 4. The van der Waals surface area contributed by atoms with Crippen LogP contribution < -0.4 is 4.90 Å². The Hall–Kier alpha value is -0.870. The first-order chi connectivity index (χ1) is 8.61. The predicted octanol–water partition coefficient (Wildman–Crippen LogP) is 2.75. The molecule has 5 heteroatoms. The number of hydrogen-bond donors (Lipinski definition) is 0. The molecular formula is C13H20ClN3O. The zero-order valence-corrected chi connectivity index (χ0v) is 12.0. The fourth-order valence-corrected chi connectivity index (χ4v) is 2.52. The maximum Gasteiger partial charge on any atom is 0.171 e. The summed E-state index contributed by atoms with van der Waals surface area (Å²) >= 11 is 6.19. The van der Waals surface area contributed by atoms with Gasteiger partial charge in [-0.2, -0.15) is 0 Å². The number of aryl methyl sites for hydroxylation is 2. The Kier molecular flexibility index (Phi) is 4.40. The van der Waals surface area contributed by atoms with Crippen molar-refractivity contribution in [2.45, 2.75) is 39.7 Å². The summed E-state index contributed by atoms with van der Waals surface area (Å²) in [7, 11) is 0. The van der Waals surface area contributed by atoms with Crippen molar-refractivity contribution < 1.29 is 4.74 Å². The molecule has 0 radical (unpaired) electrons. The van der Waals surface area contributed by atoms with E-state index in [1.807, 2.05) is 20.8 Å². The topological polar surface area (TPSA) is 38.2 Å². The Morgan fingerprint density at radius 2 is 1.83 bits per heavy atom. The average molecular weight is 270 g/mol. The number of anilines is 1. The van der Waals surface area contributed by atoms with E-state index in [0.717, 1.165) is 49.7 Å². The van der Waals surface area contributed by atoms with E-state index in [1.165, 1.54) is 0 Å². The van der Waals surface area contributed by atoms with Crippen LogP contribution in [0, 0.1) is 13.8 Å². The fourth-order valence-electron chi connectivity index (χ4n) is 2.24. The molecule has 1 aliphatic rings. The van der Waals surface area contributed by atoms with E-state index in [0.29, 0.717) is 11.3 Å². The third kappa shape index (κ3) is 2.93. The van der Waals surface area contributed by atoms with Crippen molar-refractivity contribution in [3.05, 3.63) is 16.5 Å². The summed E-state index contributed by atoms with van der Waals surface area (Å²) in [6.45, 7) is 8.59. The predicted molar refractivity (Wildman–Crippen MR) is 73.4 cm³/mol. The van der Waals surface area contributed by atoms with Crippen molar-refractivity contribution >= 4 is 17.4 Å². The molecular weight excluding hydrogens is 250 g/mol. The Morgan fingerprint density at radius 1 is 1.22 bits per heavy atom. The minimum atomic E-state index is 0.379. The molecule has 1 fully saturated rings. The number of halogens is 1. The highest BCUT2D eigenvalue weighted by molar-refractivity contribution is 6.31. The lowest BCUT2D eigenvalue weighted by molar-refractivity contribution is 0.0458. The molecule has 0 bridgehead atoms. The SMILES string of the molecule is CCOC1CCN(c2nc(C)c(C)nc2Cl)CC1. The van der Waals surface area contributed by atoms with Crippen molar-refractivity contribution in [2.24, 2.45) is 0 Å². The van der Waals surface area contributed by atoms with Crippen LogP contribution in [0.25, 0.3) is 0 Å². The molecule has 1 aliphatic heterocycles. The lowest BCUT2D eigenvalue weighted by Crippen LogP contribution is -2.38. The number of rotatable bonds is 3. The monoisotopic (exact) mass is 269 g/mol. The van der Waals surface area contributed by atoms with Crippen molar-refractivity contribution in [1.29, 1.82) is 0 Å². The molecule has 0 aliphatic carbocycles. The van der Waals surface area contributed by atoms with Crippen molar-refractivity contribution in [1.82, 2.24) is 9.97 Å². The van der Waals surface area contributed by atoms with Gasteiger partial charge in [-0.3, -0.25) is 0 Å². The summed E-state index contributed by atoms with van der Waals surface area (Å²) in [5, 5.41) is 0.507. The van der Waals surface area contributed by atoms with Gasteiger partial charge >= 0.3 is 0 Å². The number of nitrogens with zero attached hydrogens (tertiary/aromatic N) is 3. The van der Waals surface area contributed by atoms with Crippen LogP contribution >= 0.6 is 11.6 Å². The maximum absolute atomic E-state index is 6.19. The number of piperidine rings is 1. The average Bonchev–Trinajstić information content (AvgIpc) is 2.35. The summed E-state index contributed by atoms with van der Waals surface area (Å²) < 4.78 is 5.64. The second-order valence-corrected chi connectivity index (χ2v) is 5.01. The van der Waals surface area contributed by atoms with Gasteiger partial charge < -0.3 is 9.64 Å². The molecule has 0 unspecified atom stereocenters. The fraction of sp³-hybridized carbons (Fsp3) is 0.692. The molecule has 0 spiro atoms. The minimum Gasteiger partial charge on any atom is -0.378 e. The van der Waals surface area contributed by atoms with Gasteiger partial charge in [0.25, 0.3) is 0 Å². The highest BCUT2D eigenvalue weighted by Crippen LogP contribution is 2.26. The Labute approximate surface area is 113 Å². The number of ether oxygens (including phenoxy) is 1. The van der Waals surface area contributed by atoms with Crippen LogP contribution in [0.5, 0.6) is 0 Å². The van der Waals surface area contributed by atoms with Gasteiger partial charge in [0.05, 0.1) is 17.5 Å². The first-order valence-electron chi connectivity index (χ1n) is 6.49. The third-order valence-electron chi connectivity index (χ3n) is 3.39.